The second-order valence-electron chi connectivity index (χ2n) is 7.13. The highest BCUT2D eigenvalue weighted by Gasteiger charge is 2.16. The minimum absolute atomic E-state index is 0.105. The molecule has 0 amide bonds. The number of ether oxygens (including phenoxy) is 1. The smallest absolute Gasteiger partial charge is 0.308 e. The molecule has 0 radical (unpaired) electrons. The monoisotopic (exact) mass is 472 g/mol. The summed E-state index contributed by atoms with van der Waals surface area (Å²) in [6.45, 7) is 2.83. The molecule has 0 saturated carbocycles. The van der Waals surface area contributed by atoms with E-state index in [-0.39, 0.29) is 22.1 Å². The third-order valence-corrected chi connectivity index (χ3v) is 7.32. The van der Waals surface area contributed by atoms with Crippen LogP contribution in [0.2, 0.25) is 0 Å². The van der Waals surface area contributed by atoms with Crippen molar-refractivity contribution in [3.8, 4) is 5.75 Å². The van der Waals surface area contributed by atoms with Gasteiger partial charge in [0.1, 0.15) is 18.2 Å². The molecule has 6 nitrogen and oxygen atoms in total. The van der Waals surface area contributed by atoms with Crippen LogP contribution in [0, 0.1) is 5.82 Å². The molecule has 0 bridgehead atoms. The minimum atomic E-state index is -3.74. The van der Waals surface area contributed by atoms with E-state index in [1.807, 2.05) is 6.92 Å². The molecule has 1 heterocycles. The molecule has 3 aromatic carbocycles. The van der Waals surface area contributed by atoms with Crippen molar-refractivity contribution in [2.75, 3.05) is 0 Å². The van der Waals surface area contributed by atoms with Crippen molar-refractivity contribution in [1.29, 1.82) is 0 Å². The molecule has 0 saturated heterocycles. The SMILES string of the molecule is CCn1c(=O)sc2cc(S(=O)(=O)NCc3ccc(OCc4ccc(F)cc4)cc3)ccc21. The molecule has 0 aliphatic heterocycles. The molecule has 1 aromatic heterocycles. The van der Waals surface area contributed by atoms with Gasteiger partial charge in [-0.05, 0) is 60.5 Å². The first-order valence-corrected chi connectivity index (χ1v) is 12.2. The van der Waals surface area contributed by atoms with Crippen molar-refractivity contribution < 1.29 is 17.5 Å². The second kappa shape index (κ2) is 9.23. The molecule has 0 spiro atoms. The summed E-state index contributed by atoms with van der Waals surface area (Å²) in [5.41, 5.74) is 2.35. The summed E-state index contributed by atoms with van der Waals surface area (Å²) < 4.78 is 48.9. The van der Waals surface area contributed by atoms with Crippen molar-refractivity contribution in [1.82, 2.24) is 9.29 Å². The van der Waals surface area contributed by atoms with E-state index in [9.17, 15) is 17.6 Å². The molecule has 0 fully saturated rings. The summed E-state index contributed by atoms with van der Waals surface area (Å²) in [4.78, 5) is 12.0. The number of hydrogen-bond donors (Lipinski definition) is 1. The molecule has 9 heteroatoms. The summed E-state index contributed by atoms with van der Waals surface area (Å²) in [6, 6.07) is 17.8. The van der Waals surface area contributed by atoms with Crippen LogP contribution in [0.1, 0.15) is 18.1 Å². The molecule has 0 atom stereocenters. The van der Waals surface area contributed by atoms with Crippen molar-refractivity contribution >= 4 is 31.6 Å². The van der Waals surface area contributed by atoms with E-state index < -0.39 is 10.0 Å². The maximum absolute atomic E-state index is 13.0. The average molecular weight is 473 g/mol. The van der Waals surface area contributed by atoms with Crippen LogP contribution in [-0.4, -0.2) is 13.0 Å². The number of nitrogens with zero attached hydrogens (tertiary/aromatic N) is 1. The van der Waals surface area contributed by atoms with Gasteiger partial charge in [-0.15, -0.1) is 0 Å². The Morgan fingerprint density at radius 3 is 2.38 bits per heavy atom. The van der Waals surface area contributed by atoms with E-state index in [4.69, 9.17) is 4.74 Å². The van der Waals surface area contributed by atoms with E-state index in [2.05, 4.69) is 4.72 Å². The van der Waals surface area contributed by atoms with Crippen LogP contribution < -0.4 is 14.3 Å². The fraction of sp³-hybridized carbons (Fsp3) is 0.174. The summed E-state index contributed by atoms with van der Waals surface area (Å²) in [6.07, 6.45) is 0. The molecule has 0 aliphatic carbocycles. The number of sulfonamides is 1. The van der Waals surface area contributed by atoms with Gasteiger partial charge < -0.3 is 4.74 Å². The van der Waals surface area contributed by atoms with Crippen molar-refractivity contribution in [2.24, 2.45) is 0 Å². The summed E-state index contributed by atoms with van der Waals surface area (Å²) in [5.74, 6) is 0.331. The highest BCUT2D eigenvalue weighted by atomic mass is 32.2. The molecule has 4 rings (SSSR count). The van der Waals surface area contributed by atoms with Gasteiger partial charge >= 0.3 is 4.87 Å². The van der Waals surface area contributed by atoms with Gasteiger partial charge in [0.2, 0.25) is 10.0 Å². The molecule has 0 unspecified atom stereocenters. The van der Waals surface area contributed by atoms with E-state index in [1.54, 1.807) is 47.0 Å². The predicted molar refractivity (Wildman–Crippen MR) is 123 cm³/mol. The van der Waals surface area contributed by atoms with Gasteiger partial charge in [0.05, 0.1) is 15.1 Å². The van der Waals surface area contributed by atoms with Crippen molar-refractivity contribution in [2.45, 2.75) is 31.5 Å². The second-order valence-corrected chi connectivity index (χ2v) is 9.89. The van der Waals surface area contributed by atoms with Crippen LogP contribution in [-0.2, 0) is 29.7 Å². The van der Waals surface area contributed by atoms with Crippen molar-refractivity contribution in [3.05, 3.63) is 93.3 Å². The summed E-state index contributed by atoms with van der Waals surface area (Å²) in [7, 11) is -3.74. The Morgan fingerprint density at radius 1 is 1.00 bits per heavy atom. The zero-order valence-electron chi connectivity index (χ0n) is 17.2. The summed E-state index contributed by atoms with van der Waals surface area (Å²) >= 11 is 1.04. The minimum Gasteiger partial charge on any atom is -0.489 e. The molecule has 166 valence electrons. The first kappa shape index (κ1) is 22.2. The lowest BCUT2D eigenvalue weighted by Crippen LogP contribution is -2.23. The fourth-order valence-corrected chi connectivity index (χ4v) is 5.34. The van der Waals surface area contributed by atoms with Crippen LogP contribution in [0.15, 0.2) is 76.4 Å². The topological polar surface area (TPSA) is 77.4 Å². The Balaban J connectivity index is 1.39. The largest absolute Gasteiger partial charge is 0.489 e. The fourth-order valence-electron chi connectivity index (χ4n) is 3.23. The third-order valence-electron chi connectivity index (χ3n) is 4.97. The lowest BCUT2D eigenvalue weighted by molar-refractivity contribution is 0.306. The van der Waals surface area contributed by atoms with Crippen LogP contribution in [0.3, 0.4) is 0 Å². The molecule has 32 heavy (non-hydrogen) atoms. The highest BCUT2D eigenvalue weighted by Crippen LogP contribution is 2.22. The van der Waals surface area contributed by atoms with E-state index in [0.29, 0.717) is 23.6 Å². The number of aryl methyl sites for hydroxylation is 1. The Hall–Kier alpha value is -3.01. The van der Waals surface area contributed by atoms with Gasteiger partial charge in [0, 0.05) is 13.1 Å². The lowest BCUT2D eigenvalue weighted by atomic mass is 10.2. The van der Waals surface area contributed by atoms with Crippen LogP contribution in [0.25, 0.3) is 10.2 Å². The Bertz CT molecular complexity index is 1390. The Morgan fingerprint density at radius 2 is 1.69 bits per heavy atom. The zero-order valence-corrected chi connectivity index (χ0v) is 18.9. The maximum Gasteiger partial charge on any atom is 0.308 e. The lowest BCUT2D eigenvalue weighted by Gasteiger charge is -2.09. The van der Waals surface area contributed by atoms with Gasteiger partial charge in [-0.1, -0.05) is 35.6 Å². The third kappa shape index (κ3) is 4.90. The highest BCUT2D eigenvalue weighted by molar-refractivity contribution is 7.89. The number of fused-ring (bicyclic) bond motifs is 1. The molecular weight excluding hydrogens is 451 g/mol. The van der Waals surface area contributed by atoms with E-state index in [0.717, 1.165) is 28.0 Å². The van der Waals surface area contributed by atoms with Gasteiger partial charge in [-0.3, -0.25) is 9.36 Å². The first-order valence-electron chi connectivity index (χ1n) is 9.95. The standard InChI is InChI=1S/C23H21FN2O4S2/c1-2-26-21-12-11-20(13-22(21)31-23(26)27)32(28,29)25-14-16-5-9-19(10-6-16)30-15-17-3-7-18(24)8-4-17/h3-13,25H,2,14-15H2,1H3. The average Bonchev–Trinajstić information content (AvgIpc) is 3.12. The number of nitrogens with one attached hydrogen (secondary N) is 1. The normalized spacial score (nSPS) is 11.7. The predicted octanol–water partition coefficient (Wildman–Crippen LogP) is 4.28. The molecule has 0 aliphatic rings. The van der Waals surface area contributed by atoms with E-state index in [1.165, 1.54) is 24.3 Å². The molecule has 1 N–H and O–H groups in total. The number of rotatable bonds is 8. The number of thiazole rings is 1. The van der Waals surface area contributed by atoms with Gasteiger partial charge in [-0.25, -0.2) is 17.5 Å². The van der Waals surface area contributed by atoms with Gasteiger partial charge in [-0.2, -0.15) is 0 Å². The zero-order chi connectivity index (χ0) is 22.7. The first-order chi connectivity index (χ1) is 15.4. The van der Waals surface area contributed by atoms with Crippen LogP contribution >= 0.6 is 11.3 Å². The van der Waals surface area contributed by atoms with Crippen molar-refractivity contribution in [3.63, 3.8) is 0 Å². The number of benzene rings is 3. The Labute approximate surface area is 189 Å². The summed E-state index contributed by atoms with van der Waals surface area (Å²) in [5, 5.41) is 0. The van der Waals surface area contributed by atoms with E-state index >= 15 is 0 Å². The number of aromatic nitrogens is 1. The molecular formula is C23H21FN2O4S2. The Kier molecular flexibility index (Phi) is 6.40. The van der Waals surface area contributed by atoms with Crippen LogP contribution in [0.4, 0.5) is 4.39 Å². The van der Waals surface area contributed by atoms with Gasteiger partial charge in [0.25, 0.3) is 0 Å². The van der Waals surface area contributed by atoms with Gasteiger partial charge in [0.15, 0.2) is 0 Å². The molecule has 4 aromatic rings. The number of hydrogen-bond acceptors (Lipinski definition) is 5. The maximum atomic E-state index is 13.0. The quantitative estimate of drug-likeness (QED) is 0.415. The number of halogens is 1. The van der Waals surface area contributed by atoms with Crippen LogP contribution in [0.5, 0.6) is 5.75 Å².